The second-order valence-corrected chi connectivity index (χ2v) is 5.86. The van der Waals surface area contributed by atoms with Gasteiger partial charge in [-0.1, -0.05) is 38.1 Å². The van der Waals surface area contributed by atoms with Crippen molar-refractivity contribution in [2.24, 2.45) is 11.5 Å². The fraction of sp³-hybridized carbons (Fsp3) is 0.529. The molecule has 0 aromatic heterocycles. The predicted octanol–water partition coefficient (Wildman–Crippen LogP) is 1.73. The fourth-order valence-electron chi connectivity index (χ4n) is 2.69. The van der Waals surface area contributed by atoms with Crippen LogP contribution in [0.2, 0.25) is 0 Å². The molecule has 0 fully saturated rings. The number of benzene rings is 1. The average molecular weight is 320 g/mol. The minimum atomic E-state index is -0.651. The normalized spacial score (nSPS) is 12.5. The van der Waals surface area contributed by atoms with E-state index in [1.807, 2.05) is 45.0 Å². The summed E-state index contributed by atoms with van der Waals surface area (Å²) in [7, 11) is 0. The number of carbonyl (C=O) groups excluding carboxylic acids is 2. The highest BCUT2D eigenvalue weighted by molar-refractivity contribution is 5.79. The first-order valence-electron chi connectivity index (χ1n) is 8.00. The third kappa shape index (κ3) is 5.25. The van der Waals surface area contributed by atoms with Crippen LogP contribution < -0.4 is 22.1 Å². The zero-order valence-electron chi connectivity index (χ0n) is 14.2. The third-order valence-electron chi connectivity index (χ3n) is 4.42. The second-order valence-electron chi connectivity index (χ2n) is 5.86. The molecule has 0 aliphatic carbocycles. The largest absolute Gasteiger partial charge is 0.352 e. The fourth-order valence-corrected chi connectivity index (χ4v) is 2.69. The number of rotatable bonds is 8. The molecule has 0 saturated carbocycles. The lowest BCUT2D eigenvalue weighted by molar-refractivity contribution is -0.123. The molecule has 0 aliphatic rings. The number of carbonyl (C=O) groups is 2. The summed E-state index contributed by atoms with van der Waals surface area (Å²) in [4.78, 5) is 23.7. The number of amides is 3. The summed E-state index contributed by atoms with van der Waals surface area (Å²) in [6, 6.07) is 6.50. The number of nitrogens with one attached hydrogen (secondary N) is 2. The molecular formula is C17H28N4O2. The molecule has 1 atom stereocenters. The number of hydrogen-bond donors (Lipinski definition) is 4. The van der Waals surface area contributed by atoms with Crippen LogP contribution in [0, 0.1) is 6.92 Å². The molecule has 1 aromatic carbocycles. The van der Waals surface area contributed by atoms with Crippen LogP contribution in [0.15, 0.2) is 24.3 Å². The molecule has 128 valence electrons. The average Bonchev–Trinajstić information content (AvgIpc) is 2.52. The van der Waals surface area contributed by atoms with E-state index in [1.54, 1.807) is 0 Å². The van der Waals surface area contributed by atoms with Crippen molar-refractivity contribution in [3.8, 4) is 0 Å². The summed E-state index contributed by atoms with van der Waals surface area (Å²) in [5.41, 5.74) is 12.6. The topological polar surface area (TPSA) is 110 Å². The van der Waals surface area contributed by atoms with Gasteiger partial charge in [-0.05, 0) is 30.9 Å². The molecule has 0 heterocycles. The Bertz CT molecular complexity index is 533. The predicted molar refractivity (Wildman–Crippen MR) is 91.8 cm³/mol. The lowest BCUT2D eigenvalue weighted by Gasteiger charge is -2.32. The van der Waals surface area contributed by atoms with Crippen molar-refractivity contribution >= 4 is 11.9 Å². The first kappa shape index (κ1) is 19.0. The van der Waals surface area contributed by atoms with Gasteiger partial charge in [0.05, 0.1) is 18.0 Å². The van der Waals surface area contributed by atoms with Gasteiger partial charge in [-0.3, -0.25) is 4.79 Å². The molecule has 0 bridgehead atoms. The molecule has 1 unspecified atom stereocenters. The number of hydrogen-bond acceptors (Lipinski definition) is 3. The van der Waals surface area contributed by atoms with Crippen molar-refractivity contribution in [2.45, 2.75) is 51.6 Å². The van der Waals surface area contributed by atoms with Gasteiger partial charge < -0.3 is 22.1 Å². The molecule has 6 N–H and O–H groups in total. The van der Waals surface area contributed by atoms with Gasteiger partial charge in [0.25, 0.3) is 0 Å². The molecule has 6 heteroatoms. The lowest BCUT2D eigenvalue weighted by atomic mass is 9.92. The van der Waals surface area contributed by atoms with E-state index >= 15 is 0 Å². The number of nitrogens with two attached hydrogens (primary N) is 2. The Balaban J connectivity index is 2.92. The first-order valence-corrected chi connectivity index (χ1v) is 8.00. The van der Waals surface area contributed by atoms with Crippen molar-refractivity contribution in [2.75, 3.05) is 6.54 Å². The van der Waals surface area contributed by atoms with E-state index in [0.29, 0.717) is 6.54 Å². The summed E-state index contributed by atoms with van der Waals surface area (Å²) in [5, 5.41) is 5.67. The quantitative estimate of drug-likeness (QED) is 0.585. The van der Waals surface area contributed by atoms with E-state index in [9.17, 15) is 9.59 Å². The SMILES string of the molecule is CCC(CC)(CN)NC(=O)CC(NC(N)=O)c1ccccc1C. The Morgan fingerprint density at radius 2 is 1.83 bits per heavy atom. The molecular weight excluding hydrogens is 292 g/mol. The number of urea groups is 1. The molecule has 0 aliphatic heterocycles. The molecule has 0 spiro atoms. The third-order valence-corrected chi connectivity index (χ3v) is 4.42. The zero-order valence-corrected chi connectivity index (χ0v) is 14.2. The van der Waals surface area contributed by atoms with Crippen LogP contribution in [0.25, 0.3) is 0 Å². The van der Waals surface area contributed by atoms with Gasteiger partial charge in [-0.2, -0.15) is 0 Å². The summed E-state index contributed by atoms with van der Waals surface area (Å²) < 4.78 is 0. The van der Waals surface area contributed by atoms with Gasteiger partial charge in [-0.25, -0.2) is 4.79 Å². The molecule has 6 nitrogen and oxygen atoms in total. The van der Waals surface area contributed by atoms with E-state index < -0.39 is 17.6 Å². The molecule has 23 heavy (non-hydrogen) atoms. The highest BCUT2D eigenvalue weighted by Crippen LogP contribution is 2.22. The van der Waals surface area contributed by atoms with Crippen LogP contribution in [-0.2, 0) is 4.79 Å². The molecule has 0 radical (unpaired) electrons. The van der Waals surface area contributed by atoms with Crippen molar-refractivity contribution < 1.29 is 9.59 Å². The van der Waals surface area contributed by atoms with Crippen LogP contribution in [0.1, 0.15) is 50.3 Å². The van der Waals surface area contributed by atoms with Crippen LogP contribution in [-0.4, -0.2) is 24.0 Å². The maximum absolute atomic E-state index is 12.5. The Labute approximate surface area is 138 Å². The summed E-state index contributed by atoms with van der Waals surface area (Å²) in [6.07, 6.45) is 1.63. The maximum Gasteiger partial charge on any atom is 0.312 e. The first-order chi connectivity index (χ1) is 10.9. The van der Waals surface area contributed by atoms with Crippen molar-refractivity contribution in [3.63, 3.8) is 0 Å². The van der Waals surface area contributed by atoms with E-state index in [0.717, 1.165) is 24.0 Å². The van der Waals surface area contributed by atoms with E-state index in [-0.39, 0.29) is 12.3 Å². The number of primary amides is 1. The monoisotopic (exact) mass is 320 g/mol. The summed E-state index contributed by atoms with van der Waals surface area (Å²) in [5.74, 6) is -0.152. The zero-order chi connectivity index (χ0) is 17.5. The van der Waals surface area contributed by atoms with Crippen molar-refractivity contribution in [3.05, 3.63) is 35.4 Å². The summed E-state index contributed by atoms with van der Waals surface area (Å²) >= 11 is 0. The standard InChI is InChI=1S/C17H28N4O2/c1-4-17(5-2,11-18)21-15(22)10-14(20-16(19)23)13-9-7-6-8-12(13)3/h6-9,14H,4-5,10-11,18H2,1-3H3,(H,21,22)(H3,19,20,23). The molecule has 1 rings (SSSR count). The Morgan fingerprint density at radius 1 is 1.22 bits per heavy atom. The highest BCUT2D eigenvalue weighted by Gasteiger charge is 2.28. The Kier molecular flexibility index (Phi) is 7.03. The summed E-state index contributed by atoms with van der Waals surface area (Å²) in [6.45, 7) is 6.31. The van der Waals surface area contributed by atoms with Crippen molar-refractivity contribution in [1.82, 2.24) is 10.6 Å². The van der Waals surface area contributed by atoms with E-state index in [2.05, 4.69) is 10.6 Å². The van der Waals surface area contributed by atoms with Crippen LogP contribution in [0.4, 0.5) is 4.79 Å². The molecule has 3 amide bonds. The van der Waals surface area contributed by atoms with E-state index in [4.69, 9.17) is 11.5 Å². The van der Waals surface area contributed by atoms with Gasteiger partial charge in [-0.15, -0.1) is 0 Å². The van der Waals surface area contributed by atoms with Gasteiger partial charge in [0.2, 0.25) is 5.91 Å². The molecule has 1 aromatic rings. The lowest BCUT2D eigenvalue weighted by Crippen LogP contribution is -2.53. The smallest absolute Gasteiger partial charge is 0.312 e. The minimum absolute atomic E-state index is 0.121. The van der Waals surface area contributed by atoms with Gasteiger partial charge >= 0.3 is 6.03 Å². The van der Waals surface area contributed by atoms with Gasteiger partial charge in [0, 0.05) is 6.54 Å². The number of aryl methyl sites for hydroxylation is 1. The van der Waals surface area contributed by atoms with E-state index in [1.165, 1.54) is 0 Å². The Hall–Kier alpha value is -2.08. The Morgan fingerprint density at radius 3 is 2.30 bits per heavy atom. The van der Waals surface area contributed by atoms with Crippen molar-refractivity contribution in [1.29, 1.82) is 0 Å². The second kappa shape index (κ2) is 8.53. The molecule has 0 saturated heterocycles. The maximum atomic E-state index is 12.5. The van der Waals surface area contributed by atoms with Gasteiger partial charge in [0.1, 0.15) is 0 Å². The van der Waals surface area contributed by atoms with Gasteiger partial charge in [0.15, 0.2) is 0 Å². The highest BCUT2D eigenvalue weighted by atomic mass is 16.2. The van der Waals surface area contributed by atoms with Crippen LogP contribution in [0.5, 0.6) is 0 Å². The van der Waals surface area contributed by atoms with Crippen LogP contribution in [0.3, 0.4) is 0 Å². The van der Waals surface area contributed by atoms with Crippen LogP contribution >= 0.6 is 0 Å². The minimum Gasteiger partial charge on any atom is -0.352 e.